The summed E-state index contributed by atoms with van der Waals surface area (Å²) in [5, 5.41) is 9.15. The lowest BCUT2D eigenvalue weighted by Gasteiger charge is -2.15. The van der Waals surface area contributed by atoms with Crippen LogP contribution in [0.25, 0.3) is 0 Å². The zero-order chi connectivity index (χ0) is 23.2. The first-order valence-corrected chi connectivity index (χ1v) is 10.6. The van der Waals surface area contributed by atoms with Crippen LogP contribution in [0.2, 0.25) is 0 Å². The number of benzene rings is 2. The number of carbonyl (C=O) groups excluding carboxylic acids is 1. The number of methoxy groups -OCH3 is 2. The topological polar surface area (TPSA) is 93.2 Å². The molecule has 0 radical (unpaired) electrons. The number of carbonyl (C=O) groups is 1. The fraction of sp³-hybridized carbons (Fsp3) is 0.417. The van der Waals surface area contributed by atoms with Gasteiger partial charge in [-0.1, -0.05) is 24.3 Å². The number of amides is 1. The molecule has 0 aliphatic heterocycles. The molecule has 2 rings (SSSR count). The zero-order valence-corrected chi connectivity index (χ0v) is 19.4. The molecule has 8 heteroatoms. The van der Waals surface area contributed by atoms with Crippen LogP contribution in [0, 0.1) is 6.92 Å². The van der Waals surface area contributed by atoms with E-state index in [1.165, 1.54) is 0 Å². The molecule has 0 unspecified atom stereocenters. The number of rotatable bonds is 12. The predicted octanol–water partition coefficient (Wildman–Crippen LogP) is 2.40. The van der Waals surface area contributed by atoms with Gasteiger partial charge in [0.05, 0.1) is 20.3 Å². The first-order valence-electron chi connectivity index (χ1n) is 10.6. The smallest absolute Gasteiger partial charge is 0.239 e. The molecule has 2 aromatic carbocycles. The summed E-state index contributed by atoms with van der Waals surface area (Å²) >= 11 is 0. The maximum atomic E-state index is 12.2. The highest BCUT2D eigenvalue weighted by molar-refractivity contribution is 5.86. The second kappa shape index (κ2) is 13.9. The van der Waals surface area contributed by atoms with Crippen molar-refractivity contribution in [1.29, 1.82) is 0 Å². The first-order chi connectivity index (χ1) is 15.5. The molecule has 1 amide bonds. The van der Waals surface area contributed by atoms with Gasteiger partial charge in [-0.25, -0.2) is 0 Å². The van der Waals surface area contributed by atoms with E-state index in [0.717, 1.165) is 34.6 Å². The van der Waals surface area contributed by atoms with Crippen molar-refractivity contribution in [3.05, 3.63) is 59.2 Å². The molecule has 0 heterocycles. The standard InChI is InChI=1S/C24H34N4O4/c1-18-6-9-20(22(14-18)32-13-5-12-30-3)16-27-24(25-2)28-17-23(29)26-15-19-7-10-21(31-4)11-8-19/h6-11,14H,5,12-13,15-17H2,1-4H3,(H,26,29)(H2,25,27,28). The van der Waals surface area contributed by atoms with Crippen LogP contribution in [0.5, 0.6) is 11.5 Å². The number of nitrogens with one attached hydrogen (secondary N) is 3. The minimum atomic E-state index is -0.124. The van der Waals surface area contributed by atoms with Gasteiger partial charge >= 0.3 is 0 Å². The number of aliphatic imine (C=N–C) groups is 1. The lowest BCUT2D eigenvalue weighted by atomic mass is 10.1. The van der Waals surface area contributed by atoms with E-state index >= 15 is 0 Å². The average molecular weight is 443 g/mol. The fourth-order valence-electron chi connectivity index (χ4n) is 2.90. The highest BCUT2D eigenvalue weighted by atomic mass is 16.5. The van der Waals surface area contributed by atoms with E-state index in [1.807, 2.05) is 49.4 Å². The van der Waals surface area contributed by atoms with Crippen molar-refractivity contribution in [1.82, 2.24) is 16.0 Å². The Kier molecular flexibility index (Phi) is 10.9. The number of hydrogen-bond acceptors (Lipinski definition) is 5. The molecule has 0 bridgehead atoms. The number of guanidine groups is 1. The third-order valence-corrected chi connectivity index (χ3v) is 4.71. The van der Waals surface area contributed by atoms with Gasteiger partial charge in [0.2, 0.25) is 5.91 Å². The SMILES string of the molecule is CN=C(NCC(=O)NCc1ccc(OC)cc1)NCc1ccc(C)cc1OCCCOC. The molecular formula is C24H34N4O4. The summed E-state index contributed by atoms with van der Waals surface area (Å²) in [4.78, 5) is 16.4. The van der Waals surface area contributed by atoms with Gasteiger partial charge < -0.3 is 30.2 Å². The quantitative estimate of drug-likeness (QED) is 0.266. The first kappa shape index (κ1) is 25.0. The Morgan fingerprint density at radius 2 is 1.75 bits per heavy atom. The van der Waals surface area contributed by atoms with Crippen molar-refractivity contribution in [2.75, 3.05) is 41.0 Å². The van der Waals surface area contributed by atoms with Crippen LogP contribution < -0.4 is 25.4 Å². The molecular weight excluding hydrogens is 408 g/mol. The maximum Gasteiger partial charge on any atom is 0.239 e. The summed E-state index contributed by atoms with van der Waals surface area (Å²) in [5.74, 6) is 2.03. The van der Waals surface area contributed by atoms with Crippen molar-refractivity contribution in [3.63, 3.8) is 0 Å². The fourth-order valence-corrected chi connectivity index (χ4v) is 2.90. The van der Waals surface area contributed by atoms with E-state index in [4.69, 9.17) is 14.2 Å². The van der Waals surface area contributed by atoms with Gasteiger partial charge in [-0.15, -0.1) is 0 Å². The summed E-state index contributed by atoms with van der Waals surface area (Å²) in [5.41, 5.74) is 3.14. The van der Waals surface area contributed by atoms with E-state index < -0.39 is 0 Å². The number of hydrogen-bond donors (Lipinski definition) is 3. The monoisotopic (exact) mass is 442 g/mol. The Hall–Kier alpha value is -3.26. The number of aryl methyl sites for hydroxylation is 1. The Bertz CT molecular complexity index is 869. The largest absolute Gasteiger partial charge is 0.497 e. The van der Waals surface area contributed by atoms with E-state index in [9.17, 15) is 4.79 Å². The van der Waals surface area contributed by atoms with Crippen LogP contribution in [-0.2, 0) is 22.6 Å². The minimum absolute atomic E-state index is 0.115. The molecule has 2 aromatic rings. The van der Waals surface area contributed by atoms with Crippen LogP contribution in [0.15, 0.2) is 47.5 Å². The van der Waals surface area contributed by atoms with E-state index in [0.29, 0.717) is 32.3 Å². The summed E-state index contributed by atoms with van der Waals surface area (Å²) in [7, 11) is 4.97. The lowest BCUT2D eigenvalue weighted by Crippen LogP contribution is -2.42. The molecule has 3 N–H and O–H groups in total. The molecule has 0 atom stereocenters. The second-order valence-corrected chi connectivity index (χ2v) is 7.21. The predicted molar refractivity (Wildman–Crippen MR) is 126 cm³/mol. The van der Waals surface area contributed by atoms with Crippen molar-refractivity contribution in [2.45, 2.75) is 26.4 Å². The number of ether oxygens (including phenoxy) is 3. The van der Waals surface area contributed by atoms with Gasteiger partial charge in [-0.3, -0.25) is 9.79 Å². The molecule has 174 valence electrons. The Morgan fingerprint density at radius 3 is 2.44 bits per heavy atom. The van der Waals surface area contributed by atoms with Crippen molar-refractivity contribution < 1.29 is 19.0 Å². The van der Waals surface area contributed by atoms with Crippen LogP contribution in [0.4, 0.5) is 0 Å². The normalized spacial score (nSPS) is 11.1. The highest BCUT2D eigenvalue weighted by Gasteiger charge is 2.08. The maximum absolute atomic E-state index is 12.2. The van der Waals surface area contributed by atoms with Crippen molar-refractivity contribution in [2.24, 2.45) is 4.99 Å². The van der Waals surface area contributed by atoms with Crippen LogP contribution >= 0.6 is 0 Å². The van der Waals surface area contributed by atoms with Gasteiger partial charge in [0.25, 0.3) is 0 Å². The Labute approximate surface area is 190 Å². The van der Waals surface area contributed by atoms with Crippen LogP contribution in [-0.4, -0.2) is 52.9 Å². The van der Waals surface area contributed by atoms with Gasteiger partial charge in [-0.2, -0.15) is 0 Å². The number of nitrogens with zero attached hydrogens (tertiary/aromatic N) is 1. The molecule has 0 saturated heterocycles. The summed E-state index contributed by atoms with van der Waals surface area (Å²) < 4.78 is 16.1. The summed E-state index contributed by atoms with van der Waals surface area (Å²) in [6.45, 7) is 4.37. The van der Waals surface area contributed by atoms with E-state index in [-0.39, 0.29) is 12.5 Å². The Morgan fingerprint density at radius 1 is 0.969 bits per heavy atom. The molecule has 0 aliphatic carbocycles. The zero-order valence-electron chi connectivity index (χ0n) is 19.4. The van der Waals surface area contributed by atoms with Crippen molar-refractivity contribution in [3.8, 4) is 11.5 Å². The molecule has 0 saturated carbocycles. The van der Waals surface area contributed by atoms with E-state index in [1.54, 1.807) is 21.3 Å². The van der Waals surface area contributed by atoms with E-state index in [2.05, 4.69) is 20.9 Å². The molecule has 0 fully saturated rings. The third kappa shape index (κ3) is 8.85. The summed E-state index contributed by atoms with van der Waals surface area (Å²) in [6.07, 6.45) is 0.826. The Balaban J connectivity index is 1.79. The average Bonchev–Trinajstić information content (AvgIpc) is 2.82. The molecule has 0 spiro atoms. The third-order valence-electron chi connectivity index (χ3n) is 4.71. The van der Waals surface area contributed by atoms with Crippen molar-refractivity contribution >= 4 is 11.9 Å². The second-order valence-electron chi connectivity index (χ2n) is 7.21. The molecule has 32 heavy (non-hydrogen) atoms. The molecule has 0 aromatic heterocycles. The van der Waals surface area contributed by atoms with Gasteiger partial charge in [0.1, 0.15) is 11.5 Å². The van der Waals surface area contributed by atoms with Crippen LogP contribution in [0.1, 0.15) is 23.1 Å². The molecule has 0 aliphatic rings. The van der Waals surface area contributed by atoms with Gasteiger partial charge in [0, 0.05) is 45.8 Å². The minimum Gasteiger partial charge on any atom is -0.497 e. The highest BCUT2D eigenvalue weighted by Crippen LogP contribution is 2.20. The van der Waals surface area contributed by atoms with Gasteiger partial charge in [-0.05, 0) is 36.2 Å². The van der Waals surface area contributed by atoms with Crippen LogP contribution in [0.3, 0.4) is 0 Å². The lowest BCUT2D eigenvalue weighted by molar-refractivity contribution is -0.120. The summed E-state index contributed by atoms with van der Waals surface area (Å²) in [6, 6.07) is 13.7. The molecule has 8 nitrogen and oxygen atoms in total. The van der Waals surface area contributed by atoms with Gasteiger partial charge in [0.15, 0.2) is 5.96 Å².